The molecule has 3 atom stereocenters. The first-order chi connectivity index (χ1) is 10.1. The maximum absolute atomic E-state index is 12.7. The summed E-state index contributed by atoms with van der Waals surface area (Å²) in [4.78, 5) is 14.9. The third kappa shape index (κ3) is 3.80. The largest absolute Gasteiger partial charge is 0.326 e. The number of carbonyl (C=O) groups is 1. The zero-order valence-corrected chi connectivity index (χ0v) is 14.4. The average molecular weight is 294 g/mol. The zero-order valence-electron chi connectivity index (χ0n) is 14.4. The Hall–Kier alpha value is -0.570. The highest BCUT2D eigenvalue weighted by molar-refractivity contribution is 5.84. The molecule has 122 valence electrons. The quantitative estimate of drug-likeness (QED) is 0.808. The molecule has 2 fully saturated rings. The van der Waals surface area contributed by atoms with E-state index in [9.17, 15) is 4.79 Å². The molecule has 0 aromatic heterocycles. The maximum Gasteiger partial charge on any atom is 0.241 e. The van der Waals surface area contributed by atoms with Gasteiger partial charge in [0, 0.05) is 6.54 Å². The van der Waals surface area contributed by atoms with Crippen LogP contribution in [0.5, 0.6) is 0 Å². The second kappa shape index (κ2) is 7.62. The van der Waals surface area contributed by atoms with E-state index in [0.29, 0.717) is 11.8 Å². The van der Waals surface area contributed by atoms with Gasteiger partial charge in [-0.1, -0.05) is 53.4 Å². The molecule has 2 aliphatic rings. The first-order valence-corrected chi connectivity index (χ1v) is 9.17. The number of hydrogen-bond donors (Lipinski definition) is 1. The van der Waals surface area contributed by atoms with Crippen molar-refractivity contribution in [3.8, 4) is 0 Å². The van der Waals surface area contributed by atoms with Crippen LogP contribution in [0.3, 0.4) is 0 Å². The lowest BCUT2D eigenvalue weighted by molar-refractivity contribution is -0.131. The number of hydrogen-bond acceptors (Lipinski definition) is 2. The van der Waals surface area contributed by atoms with Crippen molar-refractivity contribution < 1.29 is 4.79 Å². The van der Waals surface area contributed by atoms with Gasteiger partial charge >= 0.3 is 0 Å². The number of amides is 1. The van der Waals surface area contributed by atoms with Crippen LogP contribution >= 0.6 is 0 Å². The van der Waals surface area contributed by atoms with Gasteiger partial charge in [0.1, 0.15) is 0 Å². The number of nitrogens with zero attached hydrogens (tertiary/aromatic N) is 1. The lowest BCUT2D eigenvalue weighted by Crippen LogP contribution is -2.40. The molecule has 0 aromatic rings. The summed E-state index contributed by atoms with van der Waals surface area (Å²) >= 11 is 0. The second-order valence-corrected chi connectivity index (χ2v) is 7.24. The van der Waals surface area contributed by atoms with E-state index in [1.165, 1.54) is 32.1 Å². The van der Waals surface area contributed by atoms with Gasteiger partial charge in [-0.25, -0.2) is 0 Å². The van der Waals surface area contributed by atoms with Gasteiger partial charge < -0.3 is 4.90 Å². The molecule has 0 spiro atoms. The van der Waals surface area contributed by atoms with E-state index < -0.39 is 0 Å². The molecule has 1 N–H and O–H groups in total. The Bertz CT molecular complexity index is 336. The van der Waals surface area contributed by atoms with E-state index in [-0.39, 0.29) is 12.2 Å². The van der Waals surface area contributed by atoms with Gasteiger partial charge in [-0.2, -0.15) is 0 Å². The van der Waals surface area contributed by atoms with Crippen molar-refractivity contribution in [2.75, 3.05) is 6.54 Å². The van der Waals surface area contributed by atoms with Gasteiger partial charge in [-0.15, -0.1) is 0 Å². The fourth-order valence-electron chi connectivity index (χ4n) is 4.00. The molecule has 1 aliphatic carbocycles. The minimum absolute atomic E-state index is 0.0481. The van der Waals surface area contributed by atoms with Crippen LogP contribution in [0.1, 0.15) is 72.6 Å². The predicted octanol–water partition coefficient (Wildman–Crippen LogP) is 3.79. The van der Waals surface area contributed by atoms with E-state index in [1.54, 1.807) is 0 Å². The van der Waals surface area contributed by atoms with E-state index in [4.69, 9.17) is 0 Å². The smallest absolute Gasteiger partial charge is 0.241 e. The molecule has 3 heteroatoms. The highest BCUT2D eigenvalue weighted by Gasteiger charge is 2.41. The monoisotopic (exact) mass is 294 g/mol. The van der Waals surface area contributed by atoms with E-state index in [1.807, 2.05) is 0 Å². The van der Waals surface area contributed by atoms with Gasteiger partial charge in [0.25, 0.3) is 0 Å². The van der Waals surface area contributed by atoms with Gasteiger partial charge in [-0.3, -0.25) is 10.1 Å². The molecule has 1 saturated carbocycles. The molecule has 3 nitrogen and oxygen atoms in total. The van der Waals surface area contributed by atoms with Gasteiger partial charge in [-0.05, 0) is 37.0 Å². The van der Waals surface area contributed by atoms with E-state index in [0.717, 1.165) is 31.2 Å². The summed E-state index contributed by atoms with van der Waals surface area (Å²) in [6.07, 6.45) is 9.02. The predicted molar refractivity (Wildman–Crippen MR) is 87.9 cm³/mol. The van der Waals surface area contributed by atoms with E-state index >= 15 is 0 Å². The zero-order chi connectivity index (χ0) is 15.4. The minimum atomic E-state index is 0.0481. The Balaban J connectivity index is 1.93. The minimum Gasteiger partial charge on any atom is -0.326 e. The van der Waals surface area contributed by atoms with E-state index in [2.05, 4.69) is 37.9 Å². The molecule has 1 saturated heterocycles. The van der Waals surface area contributed by atoms with Crippen molar-refractivity contribution in [1.29, 1.82) is 0 Å². The van der Waals surface area contributed by atoms with Crippen LogP contribution in [0.25, 0.3) is 0 Å². The van der Waals surface area contributed by atoms with Crippen LogP contribution in [-0.2, 0) is 4.79 Å². The molecule has 21 heavy (non-hydrogen) atoms. The van der Waals surface area contributed by atoms with Crippen molar-refractivity contribution in [2.24, 2.45) is 17.8 Å². The number of rotatable bonds is 6. The highest BCUT2D eigenvalue weighted by Crippen LogP contribution is 2.32. The van der Waals surface area contributed by atoms with Crippen molar-refractivity contribution >= 4 is 5.91 Å². The van der Waals surface area contributed by atoms with Gasteiger partial charge in [0.15, 0.2) is 0 Å². The molecular weight excluding hydrogens is 260 g/mol. The summed E-state index contributed by atoms with van der Waals surface area (Å²) in [5.74, 6) is 2.45. The van der Waals surface area contributed by atoms with Crippen LogP contribution in [0.15, 0.2) is 0 Å². The fourth-order valence-corrected chi connectivity index (χ4v) is 4.00. The second-order valence-electron chi connectivity index (χ2n) is 7.24. The first-order valence-electron chi connectivity index (χ1n) is 9.17. The highest BCUT2D eigenvalue weighted by atomic mass is 16.2. The molecule has 2 rings (SSSR count). The topological polar surface area (TPSA) is 32.3 Å². The van der Waals surface area contributed by atoms with Crippen LogP contribution in [0.4, 0.5) is 0 Å². The maximum atomic E-state index is 12.7. The van der Waals surface area contributed by atoms with Crippen molar-refractivity contribution in [2.45, 2.75) is 84.8 Å². The van der Waals surface area contributed by atoms with Gasteiger partial charge in [0.2, 0.25) is 5.91 Å². The van der Waals surface area contributed by atoms with Crippen molar-refractivity contribution in [3.63, 3.8) is 0 Å². The van der Waals surface area contributed by atoms with Crippen LogP contribution in [0.2, 0.25) is 0 Å². The molecule has 0 radical (unpaired) electrons. The fraction of sp³-hybridized carbons (Fsp3) is 0.944. The van der Waals surface area contributed by atoms with Crippen LogP contribution < -0.4 is 5.32 Å². The summed E-state index contributed by atoms with van der Waals surface area (Å²) in [6.45, 7) is 9.84. The summed E-state index contributed by atoms with van der Waals surface area (Å²) in [6, 6.07) is 0.0481. The first kappa shape index (κ1) is 16.8. The number of nitrogens with one attached hydrogen (secondary N) is 1. The Morgan fingerprint density at radius 3 is 2.24 bits per heavy atom. The lowest BCUT2D eigenvalue weighted by atomic mass is 9.80. The molecule has 3 unspecified atom stereocenters. The average Bonchev–Trinajstić information content (AvgIpc) is 2.84. The number of carbonyl (C=O) groups excluding carboxylic acids is 1. The molecule has 1 aliphatic heterocycles. The summed E-state index contributed by atoms with van der Waals surface area (Å²) < 4.78 is 0. The lowest BCUT2D eigenvalue weighted by Gasteiger charge is -2.33. The Morgan fingerprint density at radius 1 is 1.10 bits per heavy atom. The SMILES string of the molecule is CCC1CCC(CN2C(=O)C(C(C)CC)NC2CC)CC1. The van der Waals surface area contributed by atoms with Crippen molar-refractivity contribution in [3.05, 3.63) is 0 Å². The standard InChI is InChI=1S/C18H34N2O/c1-5-13(4)17-18(21)20(16(7-3)19-17)12-15-10-8-14(6-2)9-11-15/h13-17,19H,5-12H2,1-4H3. The Kier molecular flexibility index (Phi) is 6.09. The molecular formula is C18H34N2O. The van der Waals surface area contributed by atoms with Gasteiger partial charge in [0.05, 0.1) is 12.2 Å². The molecule has 1 heterocycles. The normalized spacial score (nSPS) is 35.2. The third-order valence-electron chi connectivity index (χ3n) is 5.90. The summed E-state index contributed by atoms with van der Waals surface area (Å²) in [7, 11) is 0. The molecule has 1 amide bonds. The molecule has 0 bridgehead atoms. The Labute approximate surface area is 130 Å². The summed E-state index contributed by atoms with van der Waals surface area (Å²) in [5, 5.41) is 3.58. The third-order valence-corrected chi connectivity index (χ3v) is 5.90. The van der Waals surface area contributed by atoms with Crippen molar-refractivity contribution in [1.82, 2.24) is 10.2 Å². The Morgan fingerprint density at radius 2 is 1.71 bits per heavy atom. The van der Waals surface area contributed by atoms with Crippen LogP contribution in [0, 0.1) is 17.8 Å². The summed E-state index contributed by atoms with van der Waals surface area (Å²) in [5.41, 5.74) is 0. The molecule has 0 aromatic carbocycles. The van der Waals surface area contributed by atoms with Crippen LogP contribution in [-0.4, -0.2) is 29.6 Å².